The van der Waals surface area contributed by atoms with E-state index < -0.39 is 11.6 Å². The number of hydrogen-bond acceptors (Lipinski definition) is 8. The van der Waals surface area contributed by atoms with E-state index in [1.54, 1.807) is 18.2 Å². The number of aryl methyl sites for hydroxylation is 1. The first-order valence-electron chi connectivity index (χ1n) is 17.1. The van der Waals surface area contributed by atoms with Crippen LogP contribution in [-0.2, 0) is 11.2 Å². The summed E-state index contributed by atoms with van der Waals surface area (Å²) in [5, 5.41) is 12.5. The van der Waals surface area contributed by atoms with Crippen LogP contribution in [-0.4, -0.2) is 76.0 Å². The van der Waals surface area contributed by atoms with Crippen molar-refractivity contribution in [1.29, 1.82) is 0 Å². The number of anilines is 1. The maximum atomic E-state index is 17.3. The van der Waals surface area contributed by atoms with Crippen LogP contribution in [0.25, 0.3) is 32.9 Å². The minimum atomic E-state index is -0.640. The van der Waals surface area contributed by atoms with Crippen molar-refractivity contribution in [2.24, 2.45) is 0 Å². The number of pyridine rings is 1. The normalized spacial score (nSPS) is 23.9. The first kappa shape index (κ1) is 30.4. The minimum Gasteiger partial charge on any atom is -0.508 e. The SMILES string of the molecule is C=CC(C)c1c(F)ccc2cc(O)cc(-c3nc4c5c(nc(OC6CCCCN7CCC[C@@H]67)nc5c3F)N3CCOCC[C@H]3CC4)c12. The number of benzene rings is 2. The zero-order valence-electron chi connectivity index (χ0n) is 26.9. The standard InChI is InChI=1S/C37H41F2N5O3/c1-3-21(2)30-26(38)11-9-22-19-24(45)20-25(31(22)30)34-33(39)35-32-27(40-34)12-10-23-13-17-46-18-16-44(23)36(32)42-37(41-35)47-29-8-4-5-14-43-15-6-7-28(29)43/h3,9,11,19-21,23,28-29,45H,1,4-8,10,12-18H2,2H3/t21?,23-,28+,29?/m1/s1. The molecule has 4 atom stereocenters. The van der Waals surface area contributed by atoms with Crippen LogP contribution in [0.1, 0.15) is 69.0 Å². The molecular weight excluding hydrogens is 600 g/mol. The monoisotopic (exact) mass is 641 g/mol. The van der Waals surface area contributed by atoms with Gasteiger partial charge in [-0.1, -0.05) is 19.1 Å². The van der Waals surface area contributed by atoms with Gasteiger partial charge in [0.15, 0.2) is 5.82 Å². The molecule has 4 aliphatic heterocycles. The van der Waals surface area contributed by atoms with Crippen molar-refractivity contribution in [2.45, 2.75) is 82.4 Å². The lowest BCUT2D eigenvalue weighted by molar-refractivity contribution is 0.0931. The zero-order valence-corrected chi connectivity index (χ0v) is 26.9. The molecule has 3 saturated heterocycles. The maximum Gasteiger partial charge on any atom is 0.319 e. The average molecular weight is 642 g/mol. The maximum absolute atomic E-state index is 17.3. The van der Waals surface area contributed by atoms with E-state index in [4.69, 9.17) is 24.4 Å². The second kappa shape index (κ2) is 12.3. The number of aromatic nitrogens is 3. The van der Waals surface area contributed by atoms with Gasteiger partial charge in [-0.3, -0.25) is 4.90 Å². The van der Waals surface area contributed by atoms with Crippen LogP contribution in [0.3, 0.4) is 0 Å². The van der Waals surface area contributed by atoms with Gasteiger partial charge < -0.3 is 19.5 Å². The Morgan fingerprint density at radius 2 is 1.87 bits per heavy atom. The number of nitrogens with zero attached hydrogens (tertiary/aromatic N) is 5. The highest BCUT2D eigenvalue weighted by Crippen LogP contribution is 2.43. The summed E-state index contributed by atoms with van der Waals surface area (Å²) < 4.78 is 45.3. The lowest BCUT2D eigenvalue weighted by Gasteiger charge is -2.31. The Morgan fingerprint density at radius 1 is 1.00 bits per heavy atom. The first-order valence-corrected chi connectivity index (χ1v) is 17.1. The van der Waals surface area contributed by atoms with Gasteiger partial charge in [0.1, 0.15) is 34.7 Å². The fourth-order valence-corrected chi connectivity index (χ4v) is 8.41. The lowest BCUT2D eigenvalue weighted by atomic mass is 9.89. The highest BCUT2D eigenvalue weighted by atomic mass is 19.1. The number of phenols is 1. The Morgan fingerprint density at radius 3 is 2.74 bits per heavy atom. The van der Waals surface area contributed by atoms with Gasteiger partial charge in [-0.15, -0.1) is 6.58 Å². The Labute approximate surface area is 273 Å². The van der Waals surface area contributed by atoms with Crippen LogP contribution in [0.2, 0.25) is 0 Å². The molecule has 3 fully saturated rings. The summed E-state index contributed by atoms with van der Waals surface area (Å²) in [5.41, 5.74) is 1.56. The number of fused-ring (bicyclic) bond motifs is 4. The predicted molar refractivity (Wildman–Crippen MR) is 178 cm³/mol. The van der Waals surface area contributed by atoms with E-state index >= 15 is 8.78 Å². The van der Waals surface area contributed by atoms with Crippen molar-refractivity contribution in [3.63, 3.8) is 0 Å². The van der Waals surface area contributed by atoms with Crippen LogP contribution >= 0.6 is 0 Å². The third-order valence-electron chi connectivity index (χ3n) is 10.8. The lowest BCUT2D eigenvalue weighted by Crippen LogP contribution is -2.41. The third kappa shape index (κ3) is 5.30. The van der Waals surface area contributed by atoms with Crippen LogP contribution < -0.4 is 9.64 Å². The molecule has 0 saturated carbocycles. The largest absolute Gasteiger partial charge is 0.508 e. The van der Waals surface area contributed by atoms with Crippen LogP contribution in [0, 0.1) is 11.6 Å². The minimum absolute atomic E-state index is 0.0315. The molecule has 0 radical (unpaired) electrons. The fourth-order valence-electron chi connectivity index (χ4n) is 8.41. The molecule has 8 nitrogen and oxygen atoms in total. The molecule has 10 heteroatoms. The predicted octanol–water partition coefficient (Wildman–Crippen LogP) is 7.06. The number of ether oxygens (including phenoxy) is 2. The fraction of sp³-hybridized carbons (Fsp3) is 0.486. The number of aromatic hydroxyl groups is 1. The van der Waals surface area contributed by atoms with Crippen molar-refractivity contribution in [1.82, 2.24) is 19.9 Å². The Bertz CT molecular complexity index is 1870. The van der Waals surface area contributed by atoms with Crippen molar-refractivity contribution in [3.8, 4) is 23.0 Å². The Balaban J connectivity index is 1.36. The molecule has 47 heavy (non-hydrogen) atoms. The van der Waals surface area contributed by atoms with Crippen molar-refractivity contribution >= 4 is 27.5 Å². The van der Waals surface area contributed by atoms with Crippen molar-refractivity contribution < 1.29 is 23.4 Å². The van der Waals surface area contributed by atoms with E-state index in [-0.39, 0.29) is 41.0 Å². The van der Waals surface area contributed by atoms with E-state index in [0.717, 1.165) is 58.0 Å². The van der Waals surface area contributed by atoms with E-state index in [1.807, 2.05) is 6.92 Å². The van der Waals surface area contributed by atoms with Gasteiger partial charge in [-0.2, -0.15) is 9.97 Å². The van der Waals surface area contributed by atoms with Gasteiger partial charge in [0.05, 0.1) is 17.7 Å². The summed E-state index contributed by atoms with van der Waals surface area (Å²) >= 11 is 0. The average Bonchev–Trinajstić information content (AvgIpc) is 3.20. The topological polar surface area (TPSA) is 83.8 Å². The molecule has 2 unspecified atom stereocenters. The van der Waals surface area contributed by atoms with Gasteiger partial charge in [0, 0.05) is 42.3 Å². The van der Waals surface area contributed by atoms with E-state index in [9.17, 15) is 5.11 Å². The molecule has 8 rings (SSSR count). The molecule has 4 aliphatic rings. The van der Waals surface area contributed by atoms with E-state index in [1.165, 1.54) is 12.1 Å². The van der Waals surface area contributed by atoms with Crippen molar-refractivity contribution in [3.05, 3.63) is 59.8 Å². The molecule has 0 spiro atoms. The van der Waals surface area contributed by atoms with Crippen molar-refractivity contribution in [2.75, 3.05) is 37.7 Å². The summed E-state index contributed by atoms with van der Waals surface area (Å²) in [4.78, 5) is 19.6. The number of hydrogen-bond donors (Lipinski definition) is 1. The summed E-state index contributed by atoms with van der Waals surface area (Å²) in [7, 11) is 0. The second-order valence-electron chi connectivity index (χ2n) is 13.5. The zero-order chi connectivity index (χ0) is 32.2. The molecule has 2 aromatic carbocycles. The van der Waals surface area contributed by atoms with Gasteiger partial charge >= 0.3 is 6.01 Å². The molecular formula is C37H41F2N5O3. The van der Waals surface area contributed by atoms with E-state index in [0.29, 0.717) is 71.0 Å². The molecule has 0 aliphatic carbocycles. The molecule has 4 aromatic rings. The highest BCUT2D eigenvalue weighted by molar-refractivity contribution is 6.03. The van der Waals surface area contributed by atoms with Gasteiger partial charge in [0.2, 0.25) is 0 Å². The molecule has 6 heterocycles. The molecule has 0 bridgehead atoms. The quantitative estimate of drug-likeness (QED) is 0.232. The number of allylic oxidation sites excluding steroid dienone is 1. The number of halogens is 2. The Hall–Kier alpha value is -3.89. The summed E-state index contributed by atoms with van der Waals surface area (Å²) in [6.07, 6.45) is 9.08. The van der Waals surface area contributed by atoms with Crippen LogP contribution in [0.15, 0.2) is 36.9 Å². The first-order chi connectivity index (χ1) is 22.9. The van der Waals surface area contributed by atoms with Gasteiger partial charge in [0.25, 0.3) is 0 Å². The molecule has 246 valence electrons. The Kier molecular flexibility index (Phi) is 7.96. The highest BCUT2D eigenvalue weighted by Gasteiger charge is 2.37. The van der Waals surface area contributed by atoms with Crippen LogP contribution in [0.5, 0.6) is 11.8 Å². The van der Waals surface area contributed by atoms with Gasteiger partial charge in [-0.05, 0) is 93.4 Å². The number of phenolic OH excluding ortho intramolecular Hbond substituents is 1. The summed E-state index contributed by atoms with van der Waals surface area (Å²) in [6.45, 7) is 9.70. The summed E-state index contributed by atoms with van der Waals surface area (Å²) in [6, 6.07) is 6.64. The molecule has 0 amide bonds. The smallest absolute Gasteiger partial charge is 0.319 e. The summed E-state index contributed by atoms with van der Waals surface area (Å²) in [5.74, 6) is -0.846. The molecule has 2 aromatic heterocycles. The van der Waals surface area contributed by atoms with E-state index in [2.05, 4.69) is 16.4 Å². The van der Waals surface area contributed by atoms with Crippen LogP contribution in [0.4, 0.5) is 14.6 Å². The second-order valence-corrected chi connectivity index (χ2v) is 13.5. The molecule has 1 N–H and O–H groups in total. The third-order valence-corrected chi connectivity index (χ3v) is 10.8. The number of rotatable bonds is 5. The van der Waals surface area contributed by atoms with Gasteiger partial charge in [-0.25, -0.2) is 13.8 Å².